The Bertz CT molecular complexity index is 809. The molecule has 1 aliphatic rings. The number of benzene rings is 1. The minimum absolute atomic E-state index is 0.727. The van der Waals surface area contributed by atoms with Crippen LogP contribution >= 0.6 is 11.6 Å². The smallest absolute Gasteiger partial charge is 0.153 e. The van der Waals surface area contributed by atoms with Crippen LogP contribution in [0.25, 0.3) is 16.9 Å². The van der Waals surface area contributed by atoms with E-state index in [1.165, 1.54) is 0 Å². The van der Waals surface area contributed by atoms with E-state index in [0.29, 0.717) is 0 Å². The highest BCUT2D eigenvalue weighted by molar-refractivity contribution is 6.30. The highest BCUT2D eigenvalue weighted by atomic mass is 35.5. The summed E-state index contributed by atoms with van der Waals surface area (Å²) >= 11 is 5.96. The normalized spacial score (nSPS) is 16.0. The summed E-state index contributed by atoms with van der Waals surface area (Å²) in [5, 5.41) is 5.48. The first-order chi connectivity index (χ1) is 11.3. The molecule has 1 fully saturated rings. The van der Waals surface area contributed by atoms with Gasteiger partial charge in [0.05, 0.1) is 30.8 Å². The second-order valence-corrected chi connectivity index (χ2v) is 6.07. The summed E-state index contributed by atoms with van der Waals surface area (Å²) in [6.07, 6.45) is 1.91. The van der Waals surface area contributed by atoms with Crippen LogP contribution < -0.4 is 0 Å². The summed E-state index contributed by atoms with van der Waals surface area (Å²) in [6, 6.07) is 11.7. The first-order valence-electron chi connectivity index (χ1n) is 7.69. The molecular weight excluding hydrogens is 312 g/mol. The third-order valence-corrected chi connectivity index (χ3v) is 4.31. The molecule has 0 atom stereocenters. The van der Waals surface area contributed by atoms with Crippen molar-refractivity contribution >= 4 is 17.2 Å². The fourth-order valence-electron chi connectivity index (χ4n) is 2.79. The summed E-state index contributed by atoms with van der Waals surface area (Å²) in [7, 11) is 0. The maximum atomic E-state index is 5.96. The SMILES string of the molecule is Clc1ccc(-c2ccc3ncc(CN4CCOCC4)n3n2)cc1. The molecule has 0 aliphatic carbocycles. The lowest BCUT2D eigenvalue weighted by molar-refractivity contribution is 0.0334. The average molecular weight is 329 g/mol. The molecule has 4 rings (SSSR count). The van der Waals surface area contributed by atoms with Crippen molar-refractivity contribution in [2.24, 2.45) is 0 Å². The number of hydrogen-bond acceptors (Lipinski definition) is 4. The molecule has 0 unspecified atom stereocenters. The topological polar surface area (TPSA) is 42.7 Å². The maximum absolute atomic E-state index is 5.96. The predicted octanol–water partition coefficient (Wildman–Crippen LogP) is 2.88. The van der Waals surface area contributed by atoms with Gasteiger partial charge in [0.15, 0.2) is 5.65 Å². The van der Waals surface area contributed by atoms with Gasteiger partial charge in [0.25, 0.3) is 0 Å². The molecular formula is C17H17ClN4O. The van der Waals surface area contributed by atoms with Crippen LogP contribution in [0.2, 0.25) is 5.02 Å². The van der Waals surface area contributed by atoms with Crippen LogP contribution in [0, 0.1) is 0 Å². The number of morpholine rings is 1. The molecule has 0 saturated carbocycles. The van der Waals surface area contributed by atoms with Gasteiger partial charge in [-0.1, -0.05) is 23.7 Å². The fraction of sp³-hybridized carbons (Fsp3) is 0.294. The fourth-order valence-corrected chi connectivity index (χ4v) is 2.92. The van der Waals surface area contributed by atoms with E-state index in [2.05, 4.69) is 9.88 Å². The van der Waals surface area contributed by atoms with Crippen LogP contribution in [0.3, 0.4) is 0 Å². The van der Waals surface area contributed by atoms with Gasteiger partial charge in [-0.05, 0) is 24.3 Å². The predicted molar refractivity (Wildman–Crippen MR) is 89.5 cm³/mol. The van der Waals surface area contributed by atoms with Crippen molar-refractivity contribution in [1.29, 1.82) is 0 Å². The van der Waals surface area contributed by atoms with Gasteiger partial charge in [0.2, 0.25) is 0 Å². The third kappa shape index (κ3) is 3.08. The van der Waals surface area contributed by atoms with E-state index in [1.54, 1.807) is 0 Å². The van der Waals surface area contributed by atoms with Gasteiger partial charge in [0.1, 0.15) is 0 Å². The third-order valence-electron chi connectivity index (χ3n) is 4.06. The first-order valence-corrected chi connectivity index (χ1v) is 8.07. The van der Waals surface area contributed by atoms with Crippen molar-refractivity contribution in [3.63, 3.8) is 0 Å². The molecule has 0 bridgehead atoms. The van der Waals surface area contributed by atoms with Crippen molar-refractivity contribution in [2.75, 3.05) is 26.3 Å². The quantitative estimate of drug-likeness (QED) is 0.741. The van der Waals surface area contributed by atoms with Gasteiger partial charge in [-0.3, -0.25) is 4.90 Å². The van der Waals surface area contributed by atoms with E-state index < -0.39 is 0 Å². The number of nitrogens with zero attached hydrogens (tertiary/aromatic N) is 4. The molecule has 0 spiro atoms. The molecule has 3 aromatic rings. The molecule has 6 heteroatoms. The van der Waals surface area contributed by atoms with Crippen molar-refractivity contribution in [1.82, 2.24) is 19.5 Å². The van der Waals surface area contributed by atoms with Crippen LogP contribution in [0.5, 0.6) is 0 Å². The number of imidazole rings is 1. The van der Waals surface area contributed by atoms with Crippen LogP contribution in [0.15, 0.2) is 42.6 Å². The number of rotatable bonds is 3. The van der Waals surface area contributed by atoms with Gasteiger partial charge >= 0.3 is 0 Å². The summed E-state index contributed by atoms with van der Waals surface area (Å²) in [4.78, 5) is 6.82. The second kappa shape index (κ2) is 6.28. The lowest BCUT2D eigenvalue weighted by Crippen LogP contribution is -2.36. The van der Waals surface area contributed by atoms with E-state index in [0.717, 1.165) is 60.5 Å². The van der Waals surface area contributed by atoms with E-state index in [1.807, 2.05) is 47.1 Å². The second-order valence-electron chi connectivity index (χ2n) is 5.63. The lowest BCUT2D eigenvalue weighted by Gasteiger charge is -2.25. The number of halogens is 1. The maximum Gasteiger partial charge on any atom is 0.153 e. The van der Waals surface area contributed by atoms with E-state index in [-0.39, 0.29) is 0 Å². The molecule has 0 radical (unpaired) electrons. The summed E-state index contributed by atoms with van der Waals surface area (Å²) in [5.74, 6) is 0. The van der Waals surface area contributed by atoms with Gasteiger partial charge in [0, 0.05) is 30.2 Å². The van der Waals surface area contributed by atoms with Crippen molar-refractivity contribution in [3.8, 4) is 11.3 Å². The summed E-state index contributed by atoms with van der Waals surface area (Å²) in [6.45, 7) is 4.32. The first kappa shape index (κ1) is 14.6. The Morgan fingerprint density at radius 1 is 1.04 bits per heavy atom. The van der Waals surface area contributed by atoms with Crippen molar-refractivity contribution < 1.29 is 4.74 Å². The van der Waals surface area contributed by atoms with Crippen LogP contribution in [-0.4, -0.2) is 45.8 Å². The molecule has 1 aromatic carbocycles. The van der Waals surface area contributed by atoms with Gasteiger partial charge < -0.3 is 4.74 Å². The Balaban J connectivity index is 1.66. The molecule has 1 aliphatic heterocycles. The Labute approximate surface area is 139 Å². The summed E-state index contributed by atoms with van der Waals surface area (Å²) < 4.78 is 7.33. The van der Waals surface area contributed by atoms with E-state index in [4.69, 9.17) is 21.4 Å². The van der Waals surface area contributed by atoms with E-state index >= 15 is 0 Å². The Morgan fingerprint density at radius 2 is 1.83 bits per heavy atom. The minimum Gasteiger partial charge on any atom is -0.379 e. The van der Waals surface area contributed by atoms with Crippen LogP contribution in [0.4, 0.5) is 0 Å². The molecule has 3 heterocycles. The summed E-state index contributed by atoms with van der Waals surface area (Å²) in [5.41, 5.74) is 3.92. The van der Waals surface area contributed by atoms with Crippen molar-refractivity contribution in [2.45, 2.75) is 6.54 Å². The number of fused-ring (bicyclic) bond motifs is 1. The zero-order valence-corrected chi connectivity index (χ0v) is 13.4. The molecule has 1 saturated heterocycles. The molecule has 23 heavy (non-hydrogen) atoms. The standard InChI is InChI=1S/C17H17ClN4O/c18-14-3-1-13(2-4-14)16-5-6-17-19-11-15(22(17)20-16)12-21-7-9-23-10-8-21/h1-6,11H,7-10,12H2. The van der Waals surface area contributed by atoms with Gasteiger partial charge in [-0.15, -0.1) is 0 Å². The van der Waals surface area contributed by atoms with Crippen molar-refractivity contribution in [3.05, 3.63) is 53.3 Å². The van der Waals surface area contributed by atoms with Gasteiger partial charge in [-0.25, -0.2) is 9.50 Å². The number of hydrogen-bond donors (Lipinski definition) is 0. The Kier molecular flexibility index (Phi) is 3.99. The lowest BCUT2D eigenvalue weighted by atomic mass is 10.1. The molecule has 118 valence electrons. The van der Waals surface area contributed by atoms with Crippen LogP contribution in [0.1, 0.15) is 5.69 Å². The van der Waals surface area contributed by atoms with Crippen LogP contribution in [-0.2, 0) is 11.3 Å². The number of aromatic nitrogens is 3. The molecule has 0 amide bonds. The monoisotopic (exact) mass is 328 g/mol. The Hall–Kier alpha value is -1.95. The van der Waals surface area contributed by atoms with Gasteiger partial charge in [-0.2, -0.15) is 5.10 Å². The average Bonchev–Trinajstić information content (AvgIpc) is 2.99. The Morgan fingerprint density at radius 3 is 2.61 bits per heavy atom. The molecule has 5 nitrogen and oxygen atoms in total. The highest BCUT2D eigenvalue weighted by Gasteiger charge is 2.14. The number of ether oxygens (including phenoxy) is 1. The molecule has 0 N–H and O–H groups in total. The highest BCUT2D eigenvalue weighted by Crippen LogP contribution is 2.20. The minimum atomic E-state index is 0.727. The van der Waals surface area contributed by atoms with E-state index in [9.17, 15) is 0 Å². The zero-order chi connectivity index (χ0) is 15.6. The zero-order valence-electron chi connectivity index (χ0n) is 12.7. The largest absolute Gasteiger partial charge is 0.379 e. The molecule has 2 aromatic heterocycles.